The molecular formula is C10H11NO3S. The summed E-state index contributed by atoms with van der Waals surface area (Å²) < 4.78 is 26.8. The highest BCUT2D eigenvalue weighted by Crippen LogP contribution is 2.41. The van der Waals surface area contributed by atoms with Crippen LogP contribution in [0.5, 0.6) is 11.5 Å². The molecule has 0 aliphatic carbocycles. The van der Waals surface area contributed by atoms with Crippen molar-refractivity contribution in [2.75, 3.05) is 18.3 Å². The molecule has 0 spiro atoms. The molecule has 15 heavy (non-hydrogen) atoms. The first-order valence-corrected chi connectivity index (χ1v) is 6.73. The molecule has 0 N–H and O–H groups in total. The zero-order valence-electron chi connectivity index (χ0n) is 8.14. The smallest absolute Gasteiger partial charge is 0.231 e. The molecule has 0 aromatic heterocycles. The number of benzene rings is 1. The third-order valence-corrected chi connectivity index (χ3v) is 4.95. The summed E-state index contributed by atoms with van der Waals surface area (Å²) in [5.41, 5.74) is 0.662. The standard InChI is InChI=1S/C10H11NO3S/c12-15(5-2-6-15)11-8-3-1-4-9-10(8)14-7-13-9/h1,3-4H,2,5-7H2. The van der Waals surface area contributed by atoms with Crippen molar-refractivity contribution < 1.29 is 13.7 Å². The lowest BCUT2D eigenvalue weighted by molar-refractivity contribution is 0.174. The summed E-state index contributed by atoms with van der Waals surface area (Å²) in [5, 5.41) is 0. The molecule has 0 bridgehead atoms. The zero-order valence-corrected chi connectivity index (χ0v) is 8.96. The fourth-order valence-electron chi connectivity index (χ4n) is 1.65. The van der Waals surface area contributed by atoms with Crippen LogP contribution in [-0.2, 0) is 9.73 Å². The van der Waals surface area contributed by atoms with Crippen LogP contribution in [0.1, 0.15) is 6.42 Å². The van der Waals surface area contributed by atoms with Crippen LogP contribution in [0.3, 0.4) is 0 Å². The van der Waals surface area contributed by atoms with Crippen LogP contribution in [0.2, 0.25) is 0 Å². The van der Waals surface area contributed by atoms with Gasteiger partial charge in [-0.2, -0.15) is 4.36 Å². The van der Waals surface area contributed by atoms with E-state index >= 15 is 0 Å². The maximum atomic E-state index is 11.9. The van der Waals surface area contributed by atoms with Gasteiger partial charge in [-0.25, -0.2) is 4.21 Å². The lowest BCUT2D eigenvalue weighted by Crippen LogP contribution is -2.22. The van der Waals surface area contributed by atoms with E-state index in [4.69, 9.17) is 9.47 Å². The second-order valence-electron chi connectivity index (χ2n) is 3.64. The van der Waals surface area contributed by atoms with E-state index in [0.717, 1.165) is 6.42 Å². The van der Waals surface area contributed by atoms with Gasteiger partial charge in [0, 0.05) is 11.5 Å². The summed E-state index contributed by atoms with van der Waals surface area (Å²) in [6, 6.07) is 5.49. The molecule has 80 valence electrons. The highest BCUT2D eigenvalue weighted by molar-refractivity contribution is 7.95. The van der Waals surface area contributed by atoms with Crippen LogP contribution >= 0.6 is 0 Å². The monoisotopic (exact) mass is 225 g/mol. The van der Waals surface area contributed by atoms with Crippen LogP contribution in [0, 0.1) is 0 Å². The first-order chi connectivity index (χ1) is 7.27. The Balaban J connectivity index is 2.10. The van der Waals surface area contributed by atoms with Crippen molar-refractivity contribution in [2.45, 2.75) is 6.42 Å². The van der Waals surface area contributed by atoms with Crippen LogP contribution in [0.4, 0.5) is 5.69 Å². The number of nitrogens with zero attached hydrogens (tertiary/aromatic N) is 1. The molecule has 1 aromatic rings. The van der Waals surface area contributed by atoms with Crippen molar-refractivity contribution in [1.82, 2.24) is 0 Å². The Kier molecular flexibility index (Phi) is 1.88. The maximum absolute atomic E-state index is 11.9. The SMILES string of the molecule is O=S1(=Nc2cccc3c2OCO3)CCC1. The maximum Gasteiger partial charge on any atom is 0.231 e. The summed E-state index contributed by atoms with van der Waals surface area (Å²) in [5.74, 6) is 2.74. The number of hydrogen-bond donors (Lipinski definition) is 0. The lowest BCUT2D eigenvalue weighted by atomic mass is 10.3. The summed E-state index contributed by atoms with van der Waals surface area (Å²) in [7, 11) is -1.97. The lowest BCUT2D eigenvalue weighted by Gasteiger charge is -2.17. The summed E-state index contributed by atoms with van der Waals surface area (Å²) in [4.78, 5) is 0. The number of hydrogen-bond acceptors (Lipinski definition) is 4. The van der Waals surface area contributed by atoms with E-state index in [1.54, 1.807) is 0 Å². The van der Waals surface area contributed by atoms with Gasteiger partial charge < -0.3 is 9.47 Å². The van der Waals surface area contributed by atoms with Crippen molar-refractivity contribution in [3.8, 4) is 11.5 Å². The molecule has 2 aliphatic rings. The predicted octanol–water partition coefficient (Wildman–Crippen LogP) is 1.92. The van der Waals surface area contributed by atoms with E-state index in [9.17, 15) is 4.21 Å². The quantitative estimate of drug-likeness (QED) is 0.733. The summed E-state index contributed by atoms with van der Waals surface area (Å²) in [6.07, 6.45) is 1.01. The second-order valence-corrected chi connectivity index (χ2v) is 6.18. The fraction of sp³-hybridized carbons (Fsp3) is 0.400. The molecule has 5 heteroatoms. The van der Waals surface area contributed by atoms with Gasteiger partial charge >= 0.3 is 0 Å². The Hall–Kier alpha value is -1.23. The van der Waals surface area contributed by atoms with E-state index in [1.165, 1.54) is 0 Å². The van der Waals surface area contributed by atoms with E-state index in [0.29, 0.717) is 28.7 Å². The van der Waals surface area contributed by atoms with Gasteiger partial charge in [-0.1, -0.05) is 6.07 Å². The predicted molar refractivity (Wildman–Crippen MR) is 57.1 cm³/mol. The molecule has 0 radical (unpaired) electrons. The third kappa shape index (κ3) is 1.47. The highest BCUT2D eigenvalue weighted by atomic mass is 32.2. The Bertz CT molecular complexity index is 507. The van der Waals surface area contributed by atoms with E-state index in [2.05, 4.69) is 4.36 Å². The molecular weight excluding hydrogens is 214 g/mol. The van der Waals surface area contributed by atoms with E-state index in [1.807, 2.05) is 18.2 Å². The number of para-hydroxylation sites is 1. The zero-order chi connectivity index (χ0) is 10.3. The molecule has 1 fully saturated rings. The van der Waals surface area contributed by atoms with Crippen molar-refractivity contribution in [3.63, 3.8) is 0 Å². The van der Waals surface area contributed by atoms with Gasteiger partial charge in [-0.05, 0) is 18.6 Å². The van der Waals surface area contributed by atoms with Gasteiger partial charge in [0.1, 0.15) is 5.69 Å². The third-order valence-electron chi connectivity index (χ3n) is 2.57. The molecule has 0 saturated carbocycles. The van der Waals surface area contributed by atoms with Gasteiger partial charge in [0.2, 0.25) is 6.79 Å². The van der Waals surface area contributed by atoms with Gasteiger partial charge in [-0.3, -0.25) is 0 Å². The number of fused-ring (bicyclic) bond motifs is 1. The Morgan fingerprint density at radius 2 is 2.13 bits per heavy atom. The molecule has 4 nitrogen and oxygen atoms in total. The molecule has 2 aliphatic heterocycles. The molecule has 2 heterocycles. The highest BCUT2D eigenvalue weighted by Gasteiger charge is 2.22. The minimum atomic E-state index is -1.97. The average molecular weight is 225 g/mol. The molecule has 3 rings (SSSR count). The van der Waals surface area contributed by atoms with Gasteiger partial charge in [0.25, 0.3) is 0 Å². The molecule has 0 amide bonds. The van der Waals surface area contributed by atoms with Crippen LogP contribution < -0.4 is 9.47 Å². The largest absolute Gasteiger partial charge is 0.454 e. The Labute approximate surface area is 88.4 Å². The molecule has 0 atom stereocenters. The first kappa shape index (κ1) is 9.03. The van der Waals surface area contributed by atoms with E-state index < -0.39 is 9.73 Å². The molecule has 1 aromatic carbocycles. The summed E-state index contributed by atoms with van der Waals surface area (Å²) in [6.45, 7) is 0.225. The second kappa shape index (κ2) is 3.13. The fourth-order valence-corrected chi connectivity index (χ4v) is 3.12. The van der Waals surface area contributed by atoms with Crippen LogP contribution in [0.25, 0.3) is 0 Å². The van der Waals surface area contributed by atoms with Gasteiger partial charge in [0.15, 0.2) is 11.5 Å². The van der Waals surface area contributed by atoms with Crippen LogP contribution in [0.15, 0.2) is 22.6 Å². The van der Waals surface area contributed by atoms with Crippen LogP contribution in [-0.4, -0.2) is 22.5 Å². The Morgan fingerprint density at radius 1 is 1.27 bits per heavy atom. The minimum absolute atomic E-state index is 0.225. The topological polar surface area (TPSA) is 47.9 Å². The van der Waals surface area contributed by atoms with Gasteiger partial charge in [-0.15, -0.1) is 0 Å². The number of rotatable bonds is 1. The van der Waals surface area contributed by atoms with Crippen molar-refractivity contribution in [3.05, 3.63) is 18.2 Å². The van der Waals surface area contributed by atoms with Crippen molar-refractivity contribution in [2.24, 2.45) is 4.36 Å². The first-order valence-electron chi connectivity index (χ1n) is 4.88. The van der Waals surface area contributed by atoms with Crippen molar-refractivity contribution in [1.29, 1.82) is 0 Å². The molecule has 1 saturated heterocycles. The van der Waals surface area contributed by atoms with Gasteiger partial charge in [0.05, 0.1) is 9.73 Å². The Morgan fingerprint density at radius 3 is 2.87 bits per heavy atom. The minimum Gasteiger partial charge on any atom is -0.454 e. The average Bonchev–Trinajstić information content (AvgIpc) is 2.64. The van der Waals surface area contributed by atoms with Crippen molar-refractivity contribution >= 4 is 15.4 Å². The summed E-state index contributed by atoms with van der Waals surface area (Å²) >= 11 is 0. The van der Waals surface area contributed by atoms with E-state index in [-0.39, 0.29) is 6.79 Å². The number of ether oxygens (including phenoxy) is 2. The normalized spacial score (nSPS) is 20.8. The molecule has 0 unspecified atom stereocenters.